The fourth-order valence-electron chi connectivity index (χ4n) is 3.09. The molecule has 2 N–H and O–H groups in total. The van der Waals surface area contributed by atoms with Crippen LogP contribution in [-0.2, 0) is 0 Å². The number of aryl methyl sites for hydroxylation is 1. The van der Waals surface area contributed by atoms with Gasteiger partial charge >= 0.3 is 12.7 Å². The number of nitrogens with one attached hydrogen (secondary N) is 2. The van der Waals surface area contributed by atoms with Gasteiger partial charge in [0.05, 0.1) is 5.69 Å². The summed E-state index contributed by atoms with van der Waals surface area (Å²) in [4.78, 5) is 10.7. The van der Waals surface area contributed by atoms with E-state index < -0.39 is 18.5 Å². The highest BCUT2D eigenvalue weighted by molar-refractivity contribution is 5.69. The van der Waals surface area contributed by atoms with Gasteiger partial charge in [0.15, 0.2) is 0 Å². The first kappa shape index (κ1) is 26.9. The molecule has 0 spiro atoms. The lowest BCUT2D eigenvalue weighted by molar-refractivity contribution is -0.275. The number of aromatic nitrogens is 2. The van der Waals surface area contributed by atoms with Crippen molar-refractivity contribution in [1.29, 1.82) is 0 Å². The van der Waals surface area contributed by atoms with Crippen molar-refractivity contribution in [2.24, 2.45) is 0 Å². The first-order chi connectivity index (χ1) is 16.8. The summed E-state index contributed by atoms with van der Waals surface area (Å²) in [6.07, 6.45) is -9.67. The minimum atomic E-state index is -4.85. The highest BCUT2D eigenvalue weighted by Crippen LogP contribution is 2.31. The first-order valence-electron chi connectivity index (χ1n) is 10.5. The van der Waals surface area contributed by atoms with Gasteiger partial charge in [-0.1, -0.05) is 12.1 Å². The molecule has 0 atom stereocenters. The number of anilines is 3. The summed E-state index contributed by atoms with van der Waals surface area (Å²) in [6, 6.07) is 10.6. The Morgan fingerprint density at radius 1 is 0.861 bits per heavy atom. The molecule has 0 unspecified atom stereocenters. The Bertz CT molecular complexity index is 1180. The molecule has 0 aliphatic rings. The third-order valence-electron chi connectivity index (χ3n) is 4.63. The summed E-state index contributed by atoms with van der Waals surface area (Å²) in [5.74, 6) is -0.316. The Balaban J connectivity index is 1.93. The second kappa shape index (κ2) is 10.9. The largest absolute Gasteiger partial charge is 0.573 e. The maximum atomic E-state index is 12.7. The zero-order valence-corrected chi connectivity index (χ0v) is 19.5. The third kappa shape index (κ3) is 8.48. The van der Waals surface area contributed by atoms with Gasteiger partial charge < -0.3 is 25.0 Å². The molecule has 0 saturated heterocycles. The quantitative estimate of drug-likeness (QED) is 0.341. The van der Waals surface area contributed by atoms with Gasteiger partial charge in [-0.25, -0.2) is 4.98 Å². The molecule has 0 aliphatic heterocycles. The molecule has 0 amide bonds. The van der Waals surface area contributed by atoms with Crippen LogP contribution < -0.4 is 20.1 Å². The van der Waals surface area contributed by atoms with Gasteiger partial charge in [-0.05, 0) is 56.9 Å². The molecular formula is C23H23F6N5O2. The number of hydrogen-bond donors (Lipinski definition) is 2. The topological polar surface area (TPSA) is 71.5 Å². The minimum Gasteiger partial charge on any atom is -0.406 e. The molecule has 0 aliphatic carbocycles. The summed E-state index contributed by atoms with van der Waals surface area (Å²) < 4.78 is 83.4. The molecule has 1 aromatic heterocycles. The number of halogens is 6. The standard InChI is InChI=1S/C23H23F6N5O2/c1-14-11-17(36-23(27,28)29)7-8-18(14)31-20-13-19(32-21(33-20)30-9-10-34(2)3)15-5-4-6-16(12-15)35-22(24,25)26/h4-8,11-13H,9-10H2,1-3H3,(H2,30,31,32,33). The number of likely N-dealkylation sites (N-methyl/N-ethyl adjacent to an activating group) is 1. The summed E-state index contributed by atoms with van der Waals surface area (Å²) in [6.45, 7) is 2.72. The van der Waals surface area contributed by atoms with Crippen molar-refractivity contribution >= 4 is 17.5 Å². The highest BCUT2D eigenvalue weighted by atomic mass is 19.4. The summed E-state index contributed by atoms with van der Waals surface area (Å²) >= 11 is 0. The summed E-state index contributed by atoms with van der Waals surface area (Å²) in [5, 5.41) is 6.07. The predicted molar refractivity (Wildman–Crippen MR) is 122 cm³/mol. The number of ether oxygens (including phenoxy) is 2. The maximum Gasteiger partial charge on any atom is 0.573 e. The number of benzene rings is 2. The van der Waals surface area contributed by atoms with E-state index >= 15 is 0 Å². The third-order valence-corrected chi connectivity index (χ3v) is 4.63. The van der Waals surface area contributed by atoms with Crippen LogP contribution in [0.4, 0.5) is 43.8 Å². The molecule has 3 aromatic rings. The van der Waals surface area contributed by atoms with E-state index in [2.05, 4.69) is 30.1 Å². The van der Waals surface area contributed by atoms with Crippen molar-refractivity contribution in [3.8, 4) is 22.8 Å². The van der Waals surface area contributed by atoms with Crippen LogP contribution in [0.3, 0.4) is 0 Å². The van der Waals surface area contributed by atoms with E-state index in [-0.39, 0.29) is 17.5 Å². The molecule has 0 bridgehead atoms. The average Bonchev–Trinajstić information content (AvgIpc) is 2.73. The van der Waals surface area contributed by atoms with Crippen molar-refractivity contribution in [3.63, 3.8) is 0 Å². The molecule has 2 aromatic carbocycles. The van der Waals surface area contributed by atoms with Crippen LogP contribution in [0.2, 0.25) is 0 Å². The SMILES string of the molecule is Cc1cc(OC(F)(F)F)ccc1Nc1cc(-c2cccc(OC(F)(F)F)c2)nc(NCCN(C)C)n1. The van der Waals surface area contributed by atoms with Crippen molar-refractivity contribution in [1.82, 2.24) is 14.9 Å². The van der Waals surface area contributed by atoms with E-state index in [4.69, 9.17) is 0 Å². The van der Waals surface area contributed by atoms with Crippen molar-refractivity contribution < 1.29 is 35.8 Å². The molecular weight excluding hydrogens is 492 g/mol. The van der Waals surface area contributed by atoms with Crippen LogP contribution in [0.25, 0.3) is 11.3 Å². The van der Waals surface area contributed by atoms with Crippen LogP contribution in [0.1, 0.15) is 5.56 Å². The molecule has 0 saturated carbocycles. The number of rotatable bonds is 9. The van der Waals surface area contributed by atoms with Gasteiger partial charge in [0.2, 0.25) is 5.95 Å². The Kier molecular flexibility index (Phi) is 8.13. The van der Waals surface area contributed by atoms with Crippen molar-refractivity contribution in [3.05, 3.63) is 54.1 Å². The van der Waals surface area contributed by atoms with Crippen LogP contribution in [0.5, 0.6) is 11.5 Å². The fraction of sp³-hybridized carbons (Fsp3) is 0.304. The van der Waals surface area contributed by atoms with E-state index in [1.807, 2.05) is 19.0 Å². The van der Waals surface area contributed by atoms with E-state index in [0.29, 0.717) is 35.6 Å². The van der Waals surface area contributed by atoms with Crippen molar-refractivity contribution in [2.75, 3.05) is 37.8 Å². The second-order valence-electron chi connectivity index (χ2n) is 7.92. The lowest BCUT2D eigenvalue weighted by Gasteiger charge is -2.15. The molecule has 0 radical (unpaired) electrons. The molecule has 0 fully saturated rings. The number of hydrogen-bond acceptors (Lipinski definition) is 7. The van der Waals surface area contributed by atoms with Crippen LogP contribution >= 0.6 is 0 Å². The Labute approximate surface area is 203 Å². The Morgan fingerprint density at radius 2 is 1.53 bits per heavy atom. The lowest BCUT2D eigenvalue weighted by atomic mass is 10.1. The molecule has 1 heterocycles. The fourth-order valence-corrected chi connectivity index (χ4v) is 3.09. The monoisotopic (exact) mass is 515 g/mol. The maximum absolute atomic E-state index is 12.7. The Hall–Kier alpha value is -3.74. The minimum absolute atomic E-state index is 0.202. The van der Waals surface area contributed by atoms with Crippen LogP contribution in [-0.4, -0.2) is 54.8 Å². The zero-order chi connectivity index (χ0) is 26.5. The first-order valence-corrected chi connectivity index (χ1v) is 10.5. The second-order valence-corrected chi connectivity index (χ2v) is 7.92. The van der Waals surface area contributed by atoms with E-state index in [1.165, 1.54) is 36.4 Å². The zero-order valence-electron chi connectivity index (χ0n) is 19.5. The van der Waals surface area contributed by atoms with Gasteiger partial charge in [0.1, 0.15) is 17.3 Å². The van der Waals surface area contributed by atoms with Gasteiger partial charge in [-0.15, -0.1) is 26.3 Å². The Morgan fingerprint density at radius 3 is 2.14 bits per heavy atom. The molecule has 36 heavy (non-hydrogen) atoms. The smallest absolute Gasteiger partial charge is 0.406 e. The molecule has 7 nitrogen and oxygen atoms in total. The van der Waals surface area contributed by atoms with Crippen molar-refractivity contribution in [2.45, 2.75) is 19.6 Å². The number of alkyl halides is 6. The van der Waals surface area contributed by atoms with E-state index in [1.54, 1.807) is 13.0 Å². The molecule has 194 valence electrons. The van der Waals surface area contributed by atoms with E-state index in [9.17, 15) is 26.3 Å². The normalized spacial score (nSPS) is 11.9. The predicted octanol–water partition coefficient (Wildman–Crippen LogP) is 5.97. The number of nitrogens with zero attached hydrogens (tertiary/aromatic N) is 3. The van der Waals surface area contributed by atoms with Gasteiger partial charge in [0, 0.05) is 30.4 Å². The molecule has 3 rings (SSSR count). The average molecular weight is 515 g/mol. The van der Waals surface area contributed by atoms with Crippen LogP contribution in [0, 0.1) is 6.92 Å². The van der Waals surface area contributed by atoms with Crippen LogP contribution in [0.15, 0.2) is 48.5 Å². The summed E-state index contributed by atoms with van der Waals surface area (Å²) in [5.41, 5.74) is 1.52. The highest BCUT2D eigenvalue weighted by Gasteiger charge is 2.32. The van der Waals surface area contributed by atoms with Gasteiger partial charge in [-0.2, -0.15) is 4.98 Å². The summed E-state index contributed by atoms with van der Waals surface area (Å²) in [7, 11) is 3.76. The lowest BCUT2D eigenvalue weighted by Crippen LogP contribution is -2.21. The van der Waals surface area contributed by atoms with E-state index in [0.717, 1.165) is 6.07 Å². The molecule has 13 heteroatoms. The van der Waals surface area contributed by atoms with Gasteiger partial charge in [-0.3, -0.25) is 0 Å². The van der Waals surface area contributed by atoms with Gasteiger partial charge in [0.25, 0.3) is 0 Å².